The van der Waals surface area contributed by atoms with Crippen molar-refractivity contribution in [2.75, 3.05) is 31.1 Å². The maximum atomic E-state index is 12.5. The highest BCUT2D eigenvalue weighted by atomic mass is 35.5. The Labute approximate surface area is 134 Å². The lowest BCUT2D eigenvalue weighted by Crippen LogP contribution is -2.49. The van der Waals surface area contributed by atoms with Gasteiger partial charge in [-0.2, -0.15) is 0 Å². The standard InChI is InChI=1S/C16H17ClN4O/c1-12-2-4-13(5-3-12)16(22)21-8-6-20(7-9-21)15-14(17)10-18-11-19-15/h2-5,10-11H,6-9H2,1H3. The zero-order valence-corrected chi connectivity index (χ0v) is 13.1. The fraction of sp³-hybridized carbons (Fsp3) is 0.312. The van der Waals surface area contributed by atoms with E-state index < -0.39 is 0 Å². The van der Waals surface area contributed by atoms with Gasteiger partial charge in [0.15, 0.2) is 5.82 Å². The highest BCUT2D eigenvalue weighted by Crippen LogP contribution is 2.22. The van der Waals surface area contributed by atoms with E-state index in [1.165, 1.54) is 6.33 Å². The quantitative estimate of drug-likeness (QED) is 0.853. The number of nitrogens with zero attached hydrogens (tertiary/aromatic N) is 4. The lowest BCUT2D eigenvalue weighted by molar-refractivity contribution is 0.0746. The Morgan fingerprint density at radius 1 is 1.14 bits per heavy atom. The molecular weight excluding hydrogens is 300 g/mol. The Hall–Kier alpha value is -2.14. The van der Waals surface area contributed by atoms with Crippen LogP contribution in [0.25, 0.3) is 0 Å². The fourth-order valence-corrected chi connectivity index (χ4v) is 2.76. The molecule has 1 aromatic heterocycles. The summed E-state index contributed by atoms with van der Waals surface area (Å²) < 4.78 is 0. The van der Waals surface area contributed by atoms with E-state index in [0.29, 0.717) is 31.2 Å². The lowest BCUT2D eigenvalue weighted by atomic mass is 10.1. The molecule has 5 nitrogen and oxygen atoms in total. The average Bonchev–Trinajstić information content (AvgIpc) is 2.56. The van der Waals surface area contributed by atoms with E-state index in [9.17, 15) is 4.79 Å². The van der Waals surface area contributed by atoms with Crippen LogP contribution >= 0.6 is 11.6 Å². The number of amides is 1. The van der Waals surface area contributed by atoms with Crippen molar-refractivity contribution in [2.24, 2.45) is 0 Å². The van der Waals surface area contributed by atoms with Gasteiger partial charge in [-0.25, -0.2) is 9.97 Å². The van der Waals surface area contributed by atoms with Crippen LogP contribution in [0.5, 0.6) is 0 Å². The third-order valence-corrected chi connectivity index (χ3v) is 4.08. The van der Waals surface area contributed by atoms with E-state index in [2.05, 4.69) is 14.9 Å². The Morgan fingerprint density at radius 2 is 1.82 bits per heavy atom. The Bertz CT molecular complexity index is 666. The summed E-state index contributed by atoms with van der Waals surface area (Å²) in [7, 11) is 0. The number of hydrogen-bond donors (Lipinski definition) is 0. The highest BCUT2D eigenvalue weighted by molar-refractivity contribution is 6.32. The van der Waals surface area contributed by atoms with Crippen molar-refractivity contribution in [3.8, 4) is 0 Å². The van der Waals surface area contributed by atoms with Crippen molar-refractivity contribution < 1.29 is 4.79 Å². The van der Waals surface area contributed by atoms with Gasteiger partial charge in [0, 0.05) is 31.7 Å². The van der Waals surface area contributed by atoms with Gasteiger partial charge in [0.05, 0.1) is 6.20 Å². The van der Waals surface area contributed by atoms with Crippen molar-refractivity contribution in [3.05, 3.63) is 52.9 Å². The molecule has 2 aromatic rings. The summed E-state index contributed by atoms with van der Waals surface area (Å²) in [6, 6.07) is 7.69. The number of hydrogen-bond acceptors (Lipinski definition) is 4. The van der Waals surface area contributed by atoms with E-state index in [1.54, 1.807) is 6.20 Å². The normalized spacial score (nSPS) is 15.0. The van der Waals surface area contributed by atoms with Gasteiger partial charge in [-0.05, 0) is 19.1 Å². The summed E-state index contributed by atoms with van der Waals surface area (Å²) >= 11 is 6.12. The van der Waals surface area contributed by atoms with E-state index in [0.717, 1.165) is 16.9 Å². The SMILES string of the molecule is Cc1ccc(C(=O)N2CCN(c3ncncc3Cl)CC2)cc1. The first-order chi connectivity index (χ1) is 10.6. The fourth-order valence-electron chi connectivity index (χ4n) is 2.54. The van der Waals surface area contributed by atoms with E-state index in [1.807, 2.05) is 36.1 Å². The van der Waals surface area contributed by atoms with E-state index in [4.69, 9.17) is 11.6 Å². The van der Waals surface area contributed by atoms with Crippen LogP contribution < -0.4 is 4.90 Å². The Kier molecular flexibility index (Phi) is 4.24. The molecule has 0 unspecified atom stereocenters. The molecule has 1 aliphatic rings. The van der Waals surface area contributed by atoms with Crippen molar-refractivity contribution >= 4 is 23.3 Å². The first-order valence-electron chi connectivity index (χ1n) is 7.21. The van der Waals surface area contributed by atoms with Crippen LogP contribution in [0.3, 0.4) is 0 Å². The molecule has 1 aromatic carbocycles. The van der Waals surface area contributed by atoms with Gasteiger partial charge in [-0.3, -0.25) is 4.79 Å². The molecule has 1 fully saturated rings. The first kappa shape index (κ1) is 14.8. The van der Waals surface area contributed by atoms with Crippen molar-refractivity contribution in [1.82, 2.24) is 14.9 Å². The van der Waals surface area contributed by atoms with E-state index in [-0.39, 0.29) is 5.91 Å². The largest absolute Gasteiger partial charge is 0.352 e. The smallest absolute Gasteiger partial charge is 0.253 e. The summed E-state index contributed by atoms with van der Waals surface area (Å²) in [6.45, 7) is 4.77. The number of carbonyl (C=O) groups is 1. The molecule has 0 radical (unpaired) electrons. The van der Waals surface area contributed by atoms with Gasteiger partial charge in [0.1, 0.15) is 11.3 Å². The summed E-state index contributed by atoms with van der Waals surface area (Å²) in [5.74, 6) is 0.813. The number of anilines is 1. The second-order valence-electron chi connectivity index (χ2n) is 5.34. The second-order valence-corrected chi connectivity index (χ2v) is 5.75. The molecule has 114 valence electrons. The monoisotopic (exact) mass is 316 g/mol. The maximum absolute atomic E-state index is 12.5. The number of halogens is 1. The van der Waals surface area contributed by atoms with Crippen LogP contribution in [-0.2, 0) is 0 Å². The minimum Gasteiger partial charge on any atom is -0.352 e. The molecule has 1 amide bonds. The molecule has 0 atom stereocenters. The molecule has 3 rings (SSSR count). The van der Waals surface area contributed by atoms with Gasteiger partial charge in [0.25, 0.3) is 5.91 Å². The Balaban J connectivity index is 1.65. The zero-order valence-electron chi connectivity index (χ0n) is 12.4. The van der Waals surface area contributed by atoms with E-state index >= 15 is 0 Å². The Morgan fingerprint density at radius 3 is 2.45 bits per heavy atom. The molecule has 0 aliphatic carbocycles. The zero-order chi connectivity index (χ0) is 15.5. The van der Waals surface area contributed by atoms with Gasteiger partial charge >= 0.3 is 0 Å². The van der Waals surface area contributed by atoms with Crippen LogP contribution in [0.1, 0.15) is 15.9 Å². The number of aryl methyl sites for hydroxylation is 1. The molecule has 6 heteroatoms. The van der Waals surface area contributed by atoms with Gasteiger partial charge in [-0.15, -0.1) is 0 Å². The molecular formula is C16H17ClN4O. The number of benzene rings is 1. The molecule has 0 N–H and O–H groups in total. The summed E-state index contributed by atoms with van der Waals surface area (Å²) in [5.41, 5.74) is 1.89. The highest BCUT2D eigenvalue weighted by Gasteiger charge is 2.23. The van der Waals surface area contributed by atoms with Crippen LogP contribution in [-0.4, -0.2) is 47.0 Å². The number of piperazine rings is 1. The second kappa shape index (κ2) is 6.32. The molecule has 0 bridgehead atoms. The summed E-state index contributed by atoms with van der Waals surface area (Å²) in [6.07, 6.45) is 3.08. The summed E-state index contributed by atoms with van der Waals surface area (Å²) in [4.78, 5) is 24.5. The third kappa shape index (κ3) is 3.04. The van der Waals surface area contributed by atoms with Crippen molar-refractivity contribution in [2.45, 2.75) is 6.92 Å². The molecule has 22 heavy (non-hydrogen) atoms. The summed E-state index contributed by atoms with van der Waals surface area (Å²) in [5, 5.41) is 0.542. The third-order valence-electron chi connectivity index (χ3n) is 3.81. The van der Waals surface area contributed by atoms with Gasteiger partial charge < -0.3 is 9.80 Å². The maximum Gasteiger partial charge on any atom is 0.253 e. The number of aromatic nitrogens is 2. The lowest BCUT2D eigenvalue weighted by Gasteiger charge is -2.35. The van der Waals surface area contributed by atoms with Crippen LogP contribution in [0.4, 0.5) is 5.82 Å². The minimum atomic E-state index is 0.0773. The van der Waals surface area contributed by atoms with Crippen LogP contribution in [0, 0.1) is 6.92 Å². The molecule has 0 saturated carbocycles. The van der Waals surface area contributed by atoms with Crippen molar-refractivity contribution in [3.63, 3.8) is 0 Å². The molecule has 1 aliphatic heterocycles. The van der Waals surface area contributed by atoms with Crippen molar-refractivity contribution in [1.29, 1.82) is 0 Å². The van der Waals surface area contributed by atoms with Gasteiger partial charge in [0.2, 0.25) is 0 Å². The molecule has 2 heterocycles. The predicted octanol–water partition coefficient (Wildman–Crippen LogP) is 2.40. The molecule has 1 saturated heterocycles. The topological polar surface area (TPSA) is 49.3 Å². The van der Waals surface area contributed by atoms with Crippen LogP contribution in [0.2, 0.25) is 5.02 Å². The first-order valence-corrected chi connectivity index (χ1v) is 7.59. The predicted molar refractivity (Wildman–Crippen MR) is 86.3 cm³/mol. The minimum absolute atomic E-state index is 0.0773. The average molecular weight is 317 g/mol. The molecule has 0 spiro atoms. The van der Waals surface area contributed by atoms with Gasteiger partial charge in [-0.1, -0.05) is 29.3 Å². The number of rotatable bonds is 2. The van der Waals surface area contributed by atoms with Crippen LogP contribution in [0.15, 0.2) is 36.8 Å². The number of carbonyl (C=O) groups excluding carboxylic acids is 1.